The van der Waals surface area contributed by atoms with Crippen LogP contribution in [0.1, 0.15) is 18.4 Å². The summed E-state index contributed by atoms with van der Waals surface area (Å²) in [4.78, 5) is 4.76. The second kappa shape index (κ2) is 7.59. The average Bonchev–Trinajstić information content (AvgIpc) is 2.61. The van der Waals surface area contributed by atoms with Crippen molar-refractivity contribution in [3.05, 3.63) is 29.8 Å². The summed E-state index contributed by atoms with van der Waals surface area (Å²) >= 11 is 0. The maximum atomic E-state index is 9.21. The first kappa shape index (κ1) is 15.3. The number of hydrogen-bond acceptors (Lipinski definition) is 5. The molecule has 0 spiro atoms. The summed E-state index contributed by atoms with van der Waals surface area (Å²) in [6.45, 7) is 6.63. The van der Waals surface area contributed by atoms with Crippen LogP contribution in [0.2, 0.25) is 0 Å². The van der Waals surface area contributed by atoms with Crippen LogP contribution < -0.4 is 4.90 Å². The maximum Gasteiger partial charge on any atom is 0.158 e. The summed E-state index contributed by atoms with van der Waals surface area (Å²) in [6.07, 6.45) is 1.92. The number of ether oxygens (including phenoxy) is 2. The minimum atomic E-state index is -0.0221. The van der Waals surface area contributed by atoms with E-state index in [-0.39, 0.29) is 6.29 Å². The summed E-state index contributed by atoms with van der Waals surface area (Å²) in [5, 5.41) is 9.21. The molecule has 0 unspecified atom stereocenters. The Hall–Kier alpha value is -1.61. The smallest absolute Gasteiger partial charge is 0.158 e. The van der Waals surface area contributed by atoms with Crippen LogP contribution in [0.5, 0.6) is 0 Å². The lowest BCUT2D eigenvalue weighted by Gasteiger charge is -2.37. The third-order valence-corrected chi connectivity index (χ3v) is 4.31. The summed E-state index contributed by atoms with van der Waals surface area (Å²) in [5.41, 5.74) is 1.82. The van der Waals surface area contributed by atoms with Gasteiger partial charge in [0.15, 0.2) is 6.29 Å². The summed E-state index contributed by atoms with van der Waals surface area (Å²) in [5.74, 6) is 0. The third-order valence-electron chi connectivity index (χ3n) is 4.31. The van der Waals surface area contributed by atoms with Gasteiger partial charge in [-0.15, -0.1) is 0 Å². The summed E-state index contributed by atoms with van der Waals surface area (Å²) < 4.78 is 11.2. The number of benzene rings is 1. The molecule has 2 saturated heterocycles. The predicted octanol–water partition coefficient (Wildman–Crippen LogP) is 1.83. The van der Waals surface area contributed by atoms with Crippen molar-refractivity contribution in [2.24, 2.45) is 0 Å². The molecule has 0 bridgehead atoms. The minimum Gasteiger partial charge on any atom is -0.368 e. The average molecular weight is 301 g/mol. The number of piperazine rings is 1. The van der Waals surface area contributed by atoms with Crippen LogP contribution in [-0.2, 0) is 9.47 Å². The molecule has 0 aromatic heterocycles. The van der Waals surface area contributed by atoms with Gasteiger partial charge < -0.3 is 14.4 Å². The lowest BCUT2D eigenvalue weighted by atomic mass is 10.1. The van der Waals surface area contributed by atoms with Gasteiger partial charge in [-0.05, 0) is 18.6 Å². The molecule has 3 rings (SSSR count). The van der Waals surface area contributed by atoms with E-state index >= 15 is 0 Å². The van der Waals surface area contributed by atoms with Gasteiger partial charge in [-0.2, -0.15) is 5.26 Å². The molecule has 0 N–H and O–H groups in total. The Morgan fingerprint density at radius 2 is 1.82 bits per heavy atom. The molecular weight excluding hydrogens is 278 g/mol. The zero-order valence-corrected chi connectivity index (χ0v) is 12.9. The Morgan fingerprint density at radius 3 is 2.55 bits per heavy atom. The van der Waals surface area contributed by atoms with E-state index in [1.54, 1.807) is 0 Å². The number of anilines is 1. The number of nitriles is 1. The first-order valence-electron chi connectivity index (χ1n) is 8.06. The van der Waals surface area contributed by atoms with E-state index in [2.05, 4.69) is 15.9 Å². The van der Waals surface area contributed by atoms with Gasteiger partial charge in [0.25, 0.3) is 0 Å². The van der Waals surface area contributed by atoms with E-state index in [1.165, 1.54) is 0 Å². The third kappa shape index (κ3) is 3.77. The van der Waals surface area contributed by atoms with E-state index in [0.717, 1.165) is 70.0 Å². The molecule has 2 aliphatic heterocycles. The van der Waals surface area contributed by atoms with Crippen LogP contribution in [0.4, 0.5) is 5.69 Å². The van der Waals surface area contributed by atoms with Crippen molar-refractivity contribution in [1.29, 1.82) is 5.26 Å². The first-order chi connectivity index (χ1) is 10.9. The van der Waals surface area contributed by atoms with Gasteiger partial charge in [-0.25, -0.2) is 0 Å². The molecule has 2 heterocycles. The van der Waals surface area contributed by atoms with Crippen molar-refractivity contribution in [2.45, 2.75) is 19.1 Å². The molecule has 22 heavy (non-hydrogen) atoms. The Labute approximate surface area is 132 Å². The Kier molecular flexibility index (Phi) is 5.28. The highest BCUT2D eigenvalue weighted by Crippen LogP contribution is 2.21. The molecule has 2 fully saturated rings. The van der Waals surface area contributed by atoms with Gasteiger partial charge in [0.05, 0.1) is 24.5 Å². The molecule has 1 aromatic carbocycles. The molecule has 2 aliphatic rings. The van der Waals surface area contributed by atoms with Gasteiger partial charge >= 0.3 is 0 Å². The minimum absolute atomic E-state index is 0.0221. The van der Waals surface area contributed by atoms with Gasteiger partial charge in [-0.1, -0.05) is 12.1 Å². The maximum absolute atomic E-state index is 9.21. The molecular formula is C17H23N3O2. The highest BCUT2D eigenvalue weighted by atomic mass is 16.7. The van der Waals surface area contributed by atoms with Crippen LogP contribution in [0, 0.1) is 11.3 Å². The highest BCUT2D eigenvalue weighted by Gasteiger charge is 2.21. The molecule has 0 aliphatic carbocycles. The fourth-order valence-corrected chi connectivity index (χ4v) is 3.05. The Balaban J connectivity index is 1.47. The molecule has 5 heteroatoms. The number of para-hydroxylation sites is 1. The van der Waals surface area contributed by atoms with E-state index in [0.29, 0.717) is 0 Å². The van der Waals surface area contributed by atoms with Gasteiger partial charge in [0.2, 0.25) is 0 Å². The fourth-order valence-electron chi connectivity index (χ4n) is 3.05. The molecule has 0 saturated carbocycles. The van der Waals surface area contributed by atoms with Crippen LogP contribution in [0.25, 0.3) is 0 Å². The van der Waals surface area contributed by atoms with Gasteiger partial charge in [0.1, 0.15) is 6.07 Å². The first-order valence-corrected chi connectivity index (χ1v) is 8.06. The van der Waals surface area contributed by atoms with Crippen LogP contribution in [0.3, 0.4) is 0 Å². The SMILES string of the molecule is N#Cc1ccccc1N1CCN(CCC2OCCCO2)CC1. The zero-order chi connectivity index (χ0) is 15.2. The predicted molar refractivity (Wildman–Crippen MR) is 84.7 cm³/mol. The van der Waals surface area contributed by atoms with Gasteiger partial charge in [-0.3, -0.25) is 4.90 Å². The standard InChI is InChI=1S/C17H23N3O2/c18-14-15-4-1-2-5-16(15)20-10-8-19(9-11-20)7-6-17-21-12-3-13-22-17/h1-2,4-5,17H,3,6-13H2. The van der Waals surface area contributed by atoms with Crippen LogP contribution >= 0.6 is 0 Å². The largest absolute Gasteiger partial charge is 0.368 e. The van der Waals surface area contributed by atoms with E-state index in [9.17, 15) is 5.26 Å². The molecule has 0 amide bonds. The fraction of sp³-hybridized carbons (Fsp3) is 0.588. The lowest BCUT2D eigenvalue weighted by molar-refractivity contribution is -0.182. The van der Waals surface area contributed by atoms with E-state index in [4.69, 9.17) is 9.47 Å². The second-order valence-electron chi connectivity index (χ2n) is 5.77. The van der Waals surface area contributed by atoms with E-state index < -0.39 is 0 Å². The summed E-state index contributed by atoms with van der Waals surface area (Å²) in [6, 6.07) is 10.1. The normalized spacial score (nSPS) is 20.8. The Bertz CT molecular complexity index is 515. The van der Waals surface area contributed by atoms with Gasteiger partial charge in [0, 0.05) is 39.1 Å². The van der Waals surface area contributed by atoms with Crippen molar-refractivity contribution in [3.8, 4) is 6.07 Å². The number of nitrogens with zero attached hydrogens (tertiary/aromatic N) is 3. The molecule has 118 valence electrons. The lowest BCUT2D eigenvalue weighted by Crippen LogP contribution is -2.47. The van der Waals surface area contributed by atoms with Crippen molar-refractivity contribution in [2.75, 3.05) is 50.8 Å². The number of rotatable bonds is 4. The van der Waals surface area contributed by atoms with E-state index in [1.807, 2.05) is 24.3 Å². The highest BCUT2D eigenvalue weighted by molar-refractivity contribution is 5.59. The van der Waals surface area contributed by atoms with Crippen molar-refractivity contribution in [3.63, 3.8) is 0 Å². The van der Waals surface area contributed by atoms with Crippen LogP contribution in [0.15, 0.2) is 24.3 Å². The number of hydrogen-bond donors (Lipinski definition) is 0. The zero-order valence-electron chi connectivity index (χ0n) is 12.9. The monoisotopic (exact) mass is 301 g/mol. The molecule has 0 radical (unpaired) electrons. The molecule has 1 aromatic rings. The van der Waals surface area contributed by atoms with Crippen molar-refractivity contribution in [1.82, 2.24) is 4.90 Å². The quantitative estimate of drug-likeness (QED) is 0.849. The van der Waals surface area contributed by atoms with Crippen LogP contribution in [-0.4, -0.2) is 57.1 Å². The Morgan fingerprint density at radius 1 is 1.09 bits per heavy atom. The van der Waals surface area contributed by atoms with Crippen molar-refractivity contribution >= 4 is 5.69 Å². The van der Waals surface area contributed by atoms with Crippen molar-refractivity contribution < 1.29 is 9.47 Å². The topological polar surface area (TPSA) is 48.7 Å². The molecule has 0 atom stereocenters. The molecule has 5 nitrogen and oxygen atoms in total. The summed E-state index contributed by atoms with van der Waals surface area (Å²) in [7, 11) is 0. The second-order valence-corrected chi connectivity index (χ2v) is 5.77.